The lowest BCUT2D eigenvalue weighted by atomic mass is 10.1. The summed E-state index contributed by atoms with van der Waals surface area (Å²) in [6.07, 6.45) is 1.94. The van der Waals surface area contributed by atoms with Crippen LogP contribution in [0, 0.1) is 0 Å². The maximum atomic E-state index is 12.1. The zero-order valence-corrected chi connectivity index (χ0v) is 13.4. The molecule has 0 saturated carbocycles. The number of fused-ring (bicyclic) bond motifs is 2. The number of anilines is 1. The lowest BCUT2D eigenvalue weighted by Gasteiger charge is -2.11. The fourth-order valence-electron chi connectivity index (χ4n) is 2.91. The summed E-state index contributed by atoms with van der Waals surface area (Å²) < 4.78 is 6.05. The second-order valence-corrected chi connectivity index (χ2v) is 6.38. The van der Waals surface area contributed by atoms with E-state index in [1.165, 1.54) is 17.1 Å². The molecule has 0 saturated heterocycles. The smallest absolute Gasteiger partial charge is 0.242 e. The maximum Gasteiger partial charge on any atom is 0.242 e. The van der Waals surface area contributed by atoms with E-state index < -0.39 is 0 Å². The Labute approximate surface area is 138 Å². The Kier molecular flexibility index (Phi) is 3.46. The number of rotatable bonds is 3. The number of ether oxygens (including phenoxy) is 1. The third-order valence-corrected chi connectivity index (χ3v) is 4.95. The molecule has 1 heterocycles. The number of hydrogen-bond donors (Lipinski definition) is 1. The summed E-state index contributed by atoms with van der Waals surface area (Å²) in [5, 5.41) is 5.08. The summed E-state index contributed by atoms with van der Waals surface area (Å²) in [5.41, 5.74) is 1.77. The fraction of sp³-hybridized carbons (Fsp3) is 0.105. The van der Waals surface area contributed by atoms with E-state index in [0.717, 1.165) is 22.4 Å². The van der Waals surface area contributed by atoms with Crippen molar-refractivity contribution in [2.45, 2.75) is 5.25 Å². The standard InChI is InChI=1S/C19H15NO2S/c1-23-18-15-7-4-8-16(17(15)20-19(18)21)22-14-10-9-12-5-2-3-6-13(12)11-14/h2-11,18H,1H3,(H,20,21). The van der Waals surface area contributed by atoms with Crippen LogP contribution in [0.5, 0.6) is 11.5 Å². The Balaban J connectivity index is 1.72. The lowest BCUT2D eigenvalue weighted by Crippen LogP contribution is -2.08. The van der Waals surface area contributed by atoms with E-state index in [1.807, 2.05) is 54.8 Å². The Morgan fingerprint density at radius 1 is 1.00 bits per heavy atom. The molecule has 0 radical (unpaired) electrons. The molecule has 4 rings (SSSR count). The summed E-state index contributed by atoms with van der Waals surface area (Å²) in [5.74, 6) is 1.46. The summed E-state index contributed by atoms with van der Waals surface area (Å²) in [6.45, 7) is 0. The van der Waals surface area contributed by atoms with Gasteiger partial charge in [0, 0.05) is 5.56 Å². The maximum absolute atomic E-state index is 12.1. The second-order valence-electron chi connectivity index (χ2n) is 5.44. The fourth-order valence-corrected chi connectivity index (χ4v) is 3.63. The number of amides is 1. The van der Waals surface area contributed by atoms with Crippen LogP contribution in [-0.2, 0) is 4.79 Å². The number of benzene rings is 3. The van der Waals surface area contributed by atoms with Gasteiger partial charge in [-0.2, -0.15) is 0 Å². The van der Waals surface area contributed by atoms with Gasteiger partial charge in [0.1, 0.15) is 11.0 Å². The summed E-state index contributed by atoms with van der Waals surface area (Å²) in [7, 11) is 0. The van der Waals surface area contributed by atoms with E-state index in [9.17, 15) is 4.79 Å². The predicted molar refractivity (Wildman–Crippen MR) is 95.3 cm³/mol. The third-order valence-electron chi connectivity index (χ3n) is 4.01. The molecule has 3 nitrogen and oxygen atoms in total. The Bertz CT molecular complexity index is 907. The van der Waals surface area contributed by atoms with Gasteiger partial charge in [0.2, 0.25) is 5.91 Å². The molecule has 1 N–H and O–H groups in total. The summed E-state index contributed by atoms with van der Waals surface area (Å²) >= 11 is 1.53. The van der Waals surface area contributed by atoms with Crippen LogP contribution in [0.2, 0.25) is 0 Å². The zero-order chi connectivity index (χ0) is 15.8. The number of hydrogen-bond acceptors (Lipinski definition) is 3. The Morgan fingerprint density at radius 2 is 1.83 bits per heavy atom. The van der Waals surface area contributed by atoms with Gasteiger partial charge < -0.3 is 10.1 Å². The third kappa shape index (κ3) is 2.45. The lowest BCUT2D eigenvalue weighted by molar-refractivity contribution is -0.115. The molecule has 1 amide bonds. The largest absolute Gasteiger partial charge is 0.455 e. The number of carbonyl (C=O) groups excluding carboxylic acids is 1. The van der Waals surface area contributed by atoms with Gasteiger partial charge in [0.25, 0.3) is 0 Å². The minimum atomic E-state index is -0.162. The molecule has 1 aliphatic heterocycles. The van der Waals surface area contributed by atoms with Gasteiger partial charge in [-0.15, -0.1) is 11.8 Å². The van der Waals surface area contributed by atoms with Gasteiger partial charge >= 0.3 is 0 Å². The average molecular weight is 321 g/mol. The molecule has 1 unspecified atom stereocenters. The van der Waals surface area contributed by atoms with Crippen LogP contribution in [-0.4, -0.2) is 12.2 Å². The molecule has 1 atom stereocenters. The molecule has 0 bridgehead atoms. The van der Waals surface area contributed by atoms with E-state index in [1.54, 1.807) is 0 Å². The van der Waals surface area contributed by atoms with E-state index in [4.69, 9.17) is 4.74 Å². The van der Waals surface area contributed by atoms with Crippen molar-refractivity contribution in [3.05, 3.63) is 66.2 Å². The summed E-state index contributed by atoms with van der Waals surface area (Å²) in [6, 6.07) is 19.9. The first kappa shape index (κ1) is 14.2. The molecule has 1 aliphatic rings. The molecule has 3 aromatic rings. The number of thioether (sulfide) groups is 1. The molecule has 0 aliphatic carbocycles. The van der Waals surface area contributed by atoms with Crippen LogP contribution in [0.25, 0.3) is 10.8 Å². The molecule has 23 heavy (non-hydrogen) atoms. The molecule has 114 valence electrons. The van der Waals surface area contributed by atoms with Crippen LogP contribution in [0.1, 0.15) is 10.8 Å². The zero-order valence-electron chi connectivity index (χ0n) is 12.6. The average Bonchev–Trinajstić information content (AvgIpc) is 2.91. The second kappa shape index (κ2) is 5.63. The first-order valence-electron chi connectivity index (χ1n) is 7.39. The van der Waals surface area contributed by atoms with E-state index in [0.29, 0.717) is 5.75 Å². The Hall–Kier alpha value is -2.46. The molecule has 0 spiro atoms. The predicted octanol–water partition coefficient (Wildman–Crippen LogP) is 4.99. The van der Waals surface area contributed by atoms with Gasteiger partial charge in [-0.25, -0.2) is 0 Å². The van der Waals surface area contributed by atoms with Crippen molar-refractivity contribution >= 4 is 34.1 Å². The van der Waals surface area contributed by atoms with Gasteiger partial charge in [-0.3, -0.25) is 4.79 Å². The topological polar surface area (TPSA) is 38.3 Å². The first-order chi connectivity index (χ1) is 11.3. The van der Waals surface area contributed by atoms with Crippen molar-refractivity contribution in [2.75, 3.05) is 11.6 Å². The number of carbonyl (C=O) groups is 1. The van der Waals surface area contributed by atoms with Crippen molar-refractivity contribution in [1.29, 1.82) is 0 Å². The SMILES string of the molecule is CSC1C(=O)Nc2c(Oc3ccc4ccccc4c3)cccc21. The van der Waals surface area contributed by atoms with Crippen molar-refractivity contribution in [2.24, 2.45) is 0 Å². The minimum Gasteiger partial charge on any atom is -0.455 e. The van der Waals surface area contributed by atoms with E-state index in [-0.39, 0.29) is 11.2 Å². The van der Waals surface area contributed by atoms with Crippen LogP contribution < -0.4 is 10.1 Å². The number of nitrogens with one attached hydrogen (secondary N) is 1. The van der Waals surface area contributed by atoms with Crippen LogP contribution in [0.15, 0.2) is 60.7 Å². The minimum absolute atomic E-state index is 0.0158. The van der Waals surface area contributed by atoms with Gasteiger partial charge in [-0.05, 0) is 35.2 Å². The van der Waals surface area contributed by atoms with E-state index in [2.05, 4.69) is 17.4 Å². The van der Waals surface area contributed by atoms with Crippen molar-refractivity contribution in [1.82, 2.24) is 0 Å². The van der Waals surface area contributed by atoms with Crippen molar-refractivity contribution < 1.29 is 9.53 Å². The van der Waals surface area contributed by atoms with E-state index >= 15 is 0 Å². The van der Waals surface area contributed by atoms with Gasteiger partial charge in [0.15, 0.2) is 5.75 Å². The Morgan fingerprint density at radius 3 is 2.65 bits per heavy atom. The quantitative estimate of drug-likeness (QED) is 0.738. The molecule has 4 heteroatoms. The van der Waals surface area contributed by atoms with Gasteiger partial charge in [0.05, 0.1) is 5.69 Å². The van der Waals surface area contributed by atoms with Crippen LogP contribution in [0.4, 0.5) is 5.69 Å². The van der Waals surface area contributed by atoms with Crippen LogP contribution >= 0.6 is 11.8 Å². The molecular formula is C19H15NO2S. The number of para-hydroxylation sites is 1. The molecular weight excluding hydrogens is 306 g/mol. The highest BCUT2D eigenvalue weighted by atomic mass is 32.2. The highest BCUT2D eigenvalue weighted by Gasteiger charge is 2.32. The highest BCUT2D eigenvalue weighted by molar-refractivity contribution is 7.99. The molecule has 3 aromatic carbocycles. The first-order valence-corrected chi connectivity index (χ1v) is 8.68. The van der Waals surface area contributed by atoms with Crippen molar-refractivity contribution in [3.8, 4) is 11.5 Å². The normalized spacial score (nSPS) is 16.2. The van der Waals surface area contributed by atoms with Gasteiger partial charge in [-0.1, -0.05) is 42.5 Å². The van der Waals surface area contributed by atoms with Crippen molar-refractivity contribution in [3.63, 3.8) is 0 Å². The summed E-state index contributed by atoms with van der Waals surface area (Å²) in [4.78, 5) is 12.1. The monoisotopic (exact) mass is 321 g/mol. The highest BCUT2D eigenvalue weighted by Crippen LogP contribution is 2.44. The molecule has 0 aromatic heterocycles. The van der Waals surface area contributed by atoms with Crippen LogP contribution in [0.3, 0.4) is 0 Å². The molecule has 0 fully saturated rings.